The van der Waals surface area contributed by atoms with Crippen molar-refractivity contribution in [2.75, 3.05) is 5.32 Å². The number of ether oxygens (including phenoxy) is 1. The summed E-state index contributed by atoms with van der Waals surface area (Å²) in [6.45, 7) is 14.8. The Hall–Kier alpha value is -4.04. The standard InChI is InChI=1S/C35H44ClN3O5/c1-9-24(5)39(33(42)29(37-34(43)44-35(6,7)8)20-25-13-15-27(40)16-14-25)31(26-18-21(2)17-22(3)19-26)32(41)38-30-23(4)11-10-12-28(30)36/h10-19,24,29,31,40H,9,20H2,1-8H3,(H,37,43)(H,38,41). The van der Waals surface area contributed by atoms with Crippen molar-refractivity contribution in [1.29, 1.82) is 0 Å². The maximum absolute atomic E-state index is 14.7. The van der Waals surface area contributed by atoms with Crippen LogP contribution in [0.3, 0.4) is 0 Å². The Labute approximate surface area is 265 Å². The van der Waals surface area contributed by atoms with Gasteiger partial charge in [-0.25, -0.2) is 4.79 Å². The molecule has 0 saturated heterocycles. The molecule has 0 radical (unpaired) electrons. The van der Waals surface area contributed by atoms with Crippen molar-refractivity contribution < 1.29 is 24.2 Å². The minimum atomic E-state index is -1.08. The first kappa shape index (κ1) is 34.5. The molecule has 0 heterocycles. The van der Waals surface area contributed by atoms with E-state index in [1.165, 1.54) is 12.1 Å². The average molecular weight is 622 g/mol. The molecular formula is C35H44ClN3O5. The third kappa shape index (κ3) is 9.23. The first-order valence-corrected chi connectivity index (χ1v) is 15.2. The number of para-hydroxylation sites is 1. The number of phenols is 1. The lowest BCUT2D eigenvalue weighted by molar-refractivity contribution is -0.143. The molecule has 0 aliphatic carbocycles. The predicted molar refractivity (Wildman–Crippen MR) is 175 cm³/mol. The molecule has 44 heavy (non-hydrogen) atoms. The number of halogens is 1. The number of carbonyl (C=O) groups is 3. The summed E-state index contributed by atoms with van der Waals surface area (Å²) < 4.78 is 5.52. The number of nitrogens with one attached hydrogen (secondary N) is 2. The molecule has 0 aliphatic rings. The van der Waals surface area contributed by atoms with Crippen molar-refractivity contribution >= 4 is 35.2 Å². The Morgan fingerprint density at radius 2 is 1.59 bits per heavy atom. The number of hydrogen-bond acceptors (Lipinski definition) is 5. The van der Waals surface area contributed by atoms with Crippen molar-refractivity contribution in [1.82, 2.24) is 10.2 Å². The zero-order chi connectivity index (χ0) is 32.8. The van der Waals surface area contributed by atoms with Gasteiger partial charge in [0, 0.05) is 12.5 Å². The Bertz CT molecular complexity index is 1440. The van der Waals surface area contributed by atoms with Crippen molar-refractivity contribution in [2.24, 2.45) is 0 Å². The summed E-state index contributed by atoms with van der Waals surface area (Å²) in [7, 11) is 0. The minimum absolute atomic E-state index is 0.0828. The van der Waals surface area contributed by atoms with E-state index in [2.05, 4.69) is 10.6 Å². The highest BCUT2D eigenvalue weighted by Gasteiger charge is 2.39. The van der Waals surface area contributed by atoms with Gasteiger partial charge in [-0.1, -0.05) is 72.1 Å². The lowest BCUT2D eigenvalue weighted by Gasteiger charge is -2.38. The Morgan fingerprint density at radius 3 is 2.14 bits per heavy atom. The number of phenolic OH excluding ortho intramolecular Hbond substituents is 1. The number of amides is 3. The topological polar surface area (TPSA) is 108 Å². The Balaban J connectivity index is 2.15. The molecule has 9 heteroatoms. The van der Waals surface area contributed by atoms with Gasteiger partial charge in [-0.2, -0.15) is 0 Å². The van der Waals surface area contributed by atoms with Crippen LogP contribution in [0.2, 0.25) is 5.02 Å². The SMILES string of the molecule is CCC(C)N(C(=O)C(Cc1ccc(O)cc1)NC(=O)OC(C)(C)C)C(C(=O)Nc1c(C)cccc1Cl)c1cc(C)cc(C)c1. The van der Waals surface area contributed by atoms with Gasteiger partial charge in [0.05, 0.1) is 10.7 Å². The van der Waals surface area contributed by atoms with Gasteiger partial charge < -0.3 is 25.4 Å². The molecule has 0 aliphatic heterocycles. The van der Waals surface area contributed by atoms with Gasteiger partial charge in [0.1, 0.15) is 23.4 Å². The summed E-state index contributed by atoms with van der Waals surface area (Å²) >= 11 is 6.49. The minimum Gasteiger partial charge on any atom is -0.508 e. The number of carbonyl (C=O) groups excluding carboxylic acids is 3. The molecule has 3 atom stereocenters. The lowest BCUT2D eigenvalue weighted by atomic mass is 9.95. The predicted octanol–water partition coefficient (Wildman–Crippen LogP) is 7.41. The highest BCUT2D eigenvalue weighted by Crippen LogP contribution is 2.32. The van der Waals surface area contributed by atoms with Gasteiger partial charge in [0.2, 0.25) is 5.91 Å². The number of nitrogens with zero attached hydrogens (tertiary/aromatic N) is 1. The van der Waals surface area contributed by atoms with E-state index in [0.717, 1.165) is 16.7 Å². The van der Waals surface area contributed by atoms with E-state index >= 15 is 0 Å². The van der Waals surface area contributed by atoms with Gasteiger partial charge in [-0.15, -0.1) is 0 Å². The number of aryl methyl sites for hydroxylation is 3. The number of benzene rings is 3. The molecule has 3 aromatic carbocycles. The zero-order valence-corrected chi connectivity index (χ0v) is 27.6. The van der Waals surface area contributed by atoms with Crippen LogP contribution < -0.4 is 10.6 Å². The van der Waals surface area contributed by atoms with Gasteiger partial charge in [0.15, 0.2) is 0 Å². The molecule has 3 N–H and O–H groups in total. The smallest absolute Gasteiger partial charge is 0.408 e. The quantitative estimate of drug-likeness (QED) is 0.218. The Morgan fingerprint density at radius 1 is 0.977 bits per heavy atom. The number of aromatic hydroxyl groups is 1. The molecule has 0 bridgehead atoms. The molecule has 3 aromatic rings. The maximum atomic E-state index is 14.7. The van der Waals surface area contributed by atoms with Crippen LogP contribution in [-0.4, -0.2) is 45.6 Å². The summed E-state index contributed by atoms with van der Waals surface area (Å²) in [5.41, 5.74) is 3.69. The van der Waals surface area contributed by atoms with Crippen LogP contribution in [0, 0.1) is 20.8 Å². The maximum Gasteiger partial charge on any atom is 0.408 e. The monoisotopic (exact) mass is 621 g/mol. The second-order valence-electron chi connectivity index (χ2n) is 12.3. The van der Waals surface area contributed by atoms with Gasteiger partial charge in [-0.3, -0.25) is 9.59 Å². The van der Waals surface area contributed by atoms with Gasteiger partial charge >= 0.3 is 6.09 Å². The van der Waals surface area contributed by atoms with Gasteiger partial charge in [-0.05, 0) is 89.8 Å². The van der Waals surface area contributed by atoms with E-state index < -0.39 is 41.6 Å². The fourth-order valence-electron chi connectivity index (χ4n) is 5.08. The van der Waals surface area contributed by atoms with E-state index in [0.29, 0.717) is 28.3 Å². The third-order valence-corrected chi connectivity index (χ3v) is 7.56. The van der Waals surface area contributed by atoms with Crippen LogP contribution in [0.5, 0.6) is 5.75 Å². The number of hydrogen-bond donors (Lipinski definition) is 3. The second kappa shape index (κ2) is 14.6. The van der Waals surface area contributed by atoms with Crippen LogP contribution in [0.25, 0.3) is 0 Å². The highest BCUT2D eigenvalue weighted by molar-refractivity contribution is 6.34. The molecule has 236 valence electrons. The van der Waals surface area contributed by atoms with Crippen LogP contribution in [0.4, 0.5) is 10.5 Å². The summed E-state index contributed by atoms with van der Waals surface area (Å²) in [6, 6.07) is 15.1. The third-order valence-electron chi connectivity index (χ3n) is 7.24. The fourth-order valence-corrected chi connectivity index (χ4v) is 5.35. The number of rotatable bonds is 10. The Kier molecular flexibility index (Phi) is 11.4. The van der Waals surface area contributed by atoms with Crippen molar-refractivity contribution in [3.63, 3.8) is 0 Å². The van der Waals surface area contributed by atoms with E-state index in [9.17, 15) is 19.5 Å². The largest absolute Gasteiger partial charge is 0.508 e. The zero-order valence-electron chi connectivity index (χ0n) is 26.8. The lowest BCUT2D eigenvalue weighted by Crippen LogP contribution is -2.55. The normalized spacial score (nSPS) is 13.4. The van der Waals surface area contributed by atoms with E-state index in [4.69, 9.17) is 16.3 Å². The van der Waals surface area contributed by atoms with Crippen molar-refractivity contribution in [3.05, 3.63) is 93.5 Å². The number of alkyl carbamates (subject to hydrolysis) is 1. The van der Waals surface area contributed by atoms with E-state index in [-0.39, 0.29) is 12.2 Å². The first-order valence-electron chi connectivity index (χ1n) is 14.8. The molecule has 0 fully saturated rings. The summed E-state index contributed by atoms with van der Waals surface area (Å²) in [5.74, 6) is -0.798. The second-order valence-corrected chi connectivity index (χ2v) is 12.7. The molecular weight excluding hydrogens is 578 g/mol. The molecule has 0 saturated carbocycles. The molecule has 3 amide bonds. The first-order chi connectivity index (χ1) is 20.6. The molecule has 3 rings (SSSR count). The van der Waals surface area contributed by atoms with Gasteiger partial charge in [0.25, 0.3) is 5.91 Å². The van der Waals surface area contributed by atoms with Crippen LogP contribution >= 0.6 is 11.6 Å². The summed E-state index contributed by atoms with van der Waals surface area (Å²) in [4.78, 5) is 43.6. The fraction of sp³-hybridized carbons (Fsp3) is 0.400. The van der Waals surface area contributed by atoms with Crippen molar-refractivity contribution in [2.45, 2.75) is 92.0 Å². The van der Waals surface area contributed by atoms with E-state index in [1.807, 2.05) is 58.9 Å². The van der Waals surface area contributed by atoms with Crippen LogP contribution in [0.1, 0.15) is 74.9 Å². The summed E-state index contributed by atoms with van der Waals surface area (Å²) in [5, 5.41) is 16.0. The van der Waals surface area contributed by atoms with Crippen LogP contribution in [0.15, 0.2) is 60.7 Å². The molecule has 0 aromatic heterocycles. The van der Waals surface area contributed by atoms with Crippen molar-refractivity contribution in [3.8, 4) is 5.75 Å². The highest BCUT2D eigenvalue weighted by atomic mass is 35.5. The van der Waals surface area contributed by atoms with Crippen LogP contribution in [-0.2, 0) is 20.7 Å². The molecule has 8 nitrogen and oxygen atoms in total. The average Bonchev–Trinajstić information content (AvgIpc) is 2.92. The number of anilines is 1. The van der Waals surface area contributed by atoms with E-state index in [1.54, 1.807) is 49.9 Å². The molecule has 3 unspecified atom stereocenters. The summed E-state index contributed by atoms with van der Waals surface area (Å²) in [6.07, 6.45) is -0.0993. The molecule has 0 spiro atoms.